The van der Waals surface area contributed by atoms with E-state index in [0.29, 0.717) is 59.0 Å². The van der Waals surface area contributed by atoms with Gasteiger partial charge in [-0.05, 0) is 81.0 Å². The lowest BCUT2D eigenvalue weighted by atomic mass is 10.1. The predicted molar refractivity (Wildman–Crippen MR) is 154 cm³/mol. The molecule has 0 aliphatic carbocycles. The molecule has 40 heavy (non-hydrogen) atoms. The van der Waals surface area contributed by atoms with Crippen LogP contribution in [0.4, 0.5) is 0 Å². The minimum atomic E-state index is -0.843. The van der Waals surface area contributed by atoms with E-state index < -0.39 is 23.9 Å². The minimum absolute atomic E-state index is 0.0800. The Morgan fingerprint density at radius 3 is 2.20 bits per heavy atom. The van der Waals surface area contributed by atoms with Gasteiger partial charge >= 0.3 is 17.9 Å². The number of amides is 1. The van der Waals surface area contributed by atoms with Crippen molar-refractivity contribution in [3.8, 4) is 5.75 Å². The second-order valence-corrected chi connectivity index (χ2v) is 9.69. The molecule has 0 unspecified atom stereocenters. The fraction of sp³-hybridized carbons (Fsp3) is 0.345. The monoisotopic (exact) mass is 569 g/mol. The second kappa shape index (κ2) is 16.8. The standard InChI is InChI=1S/C29H35N3O7S/c1-4-37-25(33)7-6-16-40-18-24(29(36)38-5-2)32-27(34)19(3)17-20-8-10-22(11-9-20)28(35)39-23-14-12-21(13-15-23)26(30)31/h8-15,17,24H,4-7,16,18H2,1-3H3,(H3,30,31)(H,32,34)/t24-/m0/s1. The Morgan fingerprint density at radius 1 is 0.975 bits per heavy atom. The van der Waals surface area contributed by atoms with Gasteiger partial charge in [0, 0.05) is 23.3 Å². The first-order valence-electron chi connectivity index (χ1n) is 12.8. The van der Waals surface area contributed by atoms with Gasteiger partial charge in [-0.2, -0.15) is 11.8 Å². The fourth-order valence-corrected chi connectivity index (χ4v) is 4.31. The maximum absolute atomic E-state index is 12.8. The van der Waals surface area contributed by atoms with Gasteiger partial charge in [0.2, 0.25) is 5.91 Å². The van der Waals surface area contributed by atoms with Crippen LogP contribution in [0.5, 0.6) is 5.75 Å². The summed E-state index contributed by atoms with van der Waals surface area (Å²) in [4.78, 5) is 49.1. The van der Waals surface area contributed by atoms with Gasteiger partial charge in [-0.3, -0.25) is 15.0 Å². The topological polar surface area (TPSA) is 158 Å². The van der Waals surface area contributed by atoms with E-state index in [-0.39, 0.29) is 18.4 Å². The summed E-state index contributed by atoms with van der Waals surface area (Å²) >= 11 is 1.44. The Morgan fingerprint density at radius 2 is 1.60 bits per heavy atom. The molecule has 0 bridgehead atoms. The first-order chi connectivity index (χ1) is 19.1. The van der Waals surface area contributed by atoms with Crippen LogP contribution < -0.4 is 15.8 Å². The van der Waals surface area contributed by atoms with Crippen LogP contribution in [0.3, 0.4) is 0 Å². The van der Waals surface area contributed by atoms with Crippen LogP contribution in [0.15, 0.2) is 54.1 Å². The van der Waals surface area contributed by atoms with Crippen molar-refractivity contribution in [3.05, 3.63) is 70.8 Å². The highest BCUT2D eigenvalue weighted by Crippen LogP contribution is 2.16. The molecule has 0 radical (unpaired) electrons. The highest BCUT2D eigenvalue weighted by atomic mass is 32.2. The van der Waals surface area contributed by atoms with Crippen LogP contribution in [0.1, 0.15) is 55.1 Å². The molecule has 0 saturated heterocycles. The zero-order valence-electron chi connectivity index (χ0n) is 22.9. The largest absolute Gasteiger partial charge is 0.466 e. The second-order valence-electron chi connectivity index (χ2n) is 8.54. The molecular formula is C29H35N3O7S. The van der Waals surface area contributed by atoms with Crippen LogP contribution in [-0.2, 0) is 23.9 Å². The first kappa shape index (κ1) is 32.1. The molecule has 0 aliphatic heterocycles. The first-order valence-corrected chi connectivity index (χ1v) is 14.0. The number of hydrogen-bond donors (Lipinski definition) is 3. The van der Waals surface area contributed by atoms with E-state index in [0.717, 1.165) is 0 Å². The summed E-state index contributed by atoms with van der Waals surface area (Å²) in [5.41, 5.74) is 7.31. The van der Waals surface area contributed by atoms with Crippen molar-refractivity contribution in [1.82, 2.24) is 5.32 Å². The molecule has 1 amide bonds. The SMILES string of the molecule is CCOC(=O)CCCSC[C@H](NC(=O)C(C)=Cc1ccc(C(=O)Oc2ccc(C(=N)N)cc2)cc1)C(=O)OCC. The van der Waals surface area contributed by atoms with Crippen LogP contribution in [-0.4, -0.2) is 60.4 Å². The third kappa shape index (κ3) is 10.9. The van der Waals surface area contributed by atoms with Crippen LogP contribution in [0.25, 0.3) is 6.08 Å². The van der Waals surface area contributed by atoms with Crippen LogP contribution in [0.2, 0.25) is 0 Å². The van der Waals surface area contributed by atoms with Crippen molar-refractivity contribution in [2.45, 2.75) is 39.7 Å². The highest BCUT2D eigenvalue weighted by Gasteiger charge is 2.22. The summed E-state index contributed by atoms with van der Waals surface area (Å²) in [7, 11) is 0. The molecule has 4 N–H and O–H groups in total. The molecule has 0 saturated carbocycles. The number of amidine groups is 1. The third-order valence-electron chi connectivity index (χ3n) is 5.40. The number of carbonyl (C=O) groups is 4. The summed E-state index contributed by atoms with van der Waals surface area (Å²) in [6.07, 6.45) is 2.53. The van der Waals surface area contributed by atoms with Crippen molar-refractivity contribution in [1.29, 1.82) is 5.41 Å². The number of nitrogens with one attached hydrogen (secondary N) is 2. The van der Waals surface area contributed by atoms with Crippen molar-refractivity contribution in [3.63, 3.8) is 0 Å². The van der Waals surface area contributed by atoms with Gasteiger partial charge in [0.05, 0.1) is 18.8 Å². The molecule has 11 heteroatoms. The number of esters is 3. The van der Waals surface area contributed by atoms with Crippen LogP contribution in [0, 0.1) is 5.41 Å². The molecule has 2 rings (SSSR count). The quantitative estimate of drug-likeness (QED) is 0.0726. The van der Waals surface area contributed by atoms with Crippen molar-refractivity contribution < 1.29 is 33.4 Å². The number of thioether (sulfide) groups is 1. The highest BCUT2D eigenvalue weighted by molar-refractivity contribution is 7.99. The van der Waals surface area contributed by atoms with E-state index in [1.807, 2.05) is 0 Å². The number of carbonyl (C=O) groups excluding carboxylic acids is 4. The molecule has 10 nitrogen and oxygen atoms in total. The number of nitrogen functional groups attached to an aromatic ring is 1. The Hall–Kier alpha value is -4.12. The molecule has 1 atom stereocenters. The smallest absolute Gasteiger partial charge is 0.343 e. The maximum atomic E-state index is 12.8. The third-order valence-corrected chi connectivity index (χ3v) is 6.55. The van der Waals surface area contributed by atoms with Gasteiger partial charge < -0.3 is 25.3 Å². The zero-order valence-corrected chi connectivity index (χ0v) is 23.7. The number of benzene rings is 2. The molecule has 214 valence electrons. The molecule has 0 spiro atoms. The van der Waals surface area contributed by atoms with Gasteiger partial charge in [-0.25, -0.2) is 9.59 Å². The lowest BCUT2D eigenvalue weighted by molar-refractivity contribution is -0.146. The average Bonchev–Trinajstić information content (AvgIpc) is 2.93. The van der Waals surface area contributed by atoms with E-state index in [4.69, 9.17) is 25.4 Å². The molecule has 2 aromatic rings. The molecular weight excluding hydrogens is 534 g/mol. The molecule has 0 fully saturated rings. The lowest BCUT2D eigenvalue weighted by Gasteiger charge is -2.17. The summed E-state index contributed by atoms with van der Waals surface area (Å²) in [5.74, 6) is -0.610. The molecule has 0 aliphatic rings. The molecule has 0 heterocycles. The van der Waals surface area contributed by atoms with Gasteiger partial charge in [0.1, 0.15) is 17.6 Å². The van der Waals surface area contributed by atoms with Crippen molar-refractivity contribution >= 4 is 47.5 Å². The molecule has 0 aromatic heterocycles. The van der Waals surface area contributed by atoms with E-state index in [1.54, 1.807) is 75.4 Å². The van der Waals surface area contributed by atoms with E-state index in [9.17, 15) is 19.2 Å². The predicted octanol–water partition coefficient (Wildman–Crippen LogP) is 3.72. The van der Waals surface area contributed by atoms with Gasteiger partial charge in [0.25, 0.3) is 0 Å². The summed E-state index contributed by atoms with van der Waals surface area (Å²) in [6, 6.07) is 12.0. The molecule has 2 aromatic carbocycles. The summed E-state index contributed by atoms with van der Waals surface area (Å²) in [6.45, 7) is 5.59. The van der Waals surface area contributed by atoms with Gasteiger partial charge in [-0.1, -0.05) is 12.1 Å². The maximum Gasteiger partial charge on any atom is 0.343 e. The van der Waals surface area contributed by atoms with E-state index in [2.05, 4.69) is 5.32 Å². The fourth-order valence-electron chi connectivity index (χ4n) is 3.34. The van der Waals surface area contributed by atoms with Gasteiger partial charge in [0.15, 0.2) is 0 Å². The summed E-state index contributed by atoms with van der Waals surface area (Å²) < 4.78 is 15.4. The average molecular weight is 570 g/mol. The van der Waals surface area contributed by atoms with E-state index in [1.165, 1.54) is 11.8 Å². The number of rotatable bonds is 15. The number of nitrogens with two attached hydrogens (primary N) is 1. The summed E-state index contributed by atoms with van der Waals surface area (Å²) in [5, 5.41) is 10.1. The van der Waals surface area contributed by atoms with Crippen LogP contribution >= 0.6 is 11.8 Å². The minimum Gasteiger partial charge on any atom is -0.466 e. The number of ether oxygens (including phenoxy) is 3. The number of hydrogen-bond acceptors (Lipinski definition) is 9. The Labute approximate surface area is 238 Å². The van der Waals surface area contributed by atoms with E-state index >= 15 is 0 Å². The Balaban J connectivity index is 1.95. The zero-order chi connectivity index (χ0) is 29.5. The van der Waals surface area contributed by atoms with Gasteiger partial charge in [-0.15, -0.1) is 0 Å². The Bertz CT molecular complexity index is 1210. The van der Waals surface area contributed by atoms with Crippen molar-refractivity contribution in [2.24, 2.45) is 5.73 Å². The lowest BCUT2D eigenvalue weighted by Crippen LogP contribution is -2.44. The Kier molecular flexibility index (Phi) is 13.4. The van der Waals surface area contributed by atoms with Crippen molar-refractivity contribution in [2.75, 3.05) is 24.7 Å². The normalized spacial score (nSPS) is 11.7.